The van der Waals surface area contributed by atoms with Gasteiger partial charge >= 0.3 is 0 Å². The summed E-state index contributed by atoms with van der Waals surface area (Å²) in [5.74, 6) is 0. The predicted molar refractivity (Wildman–Crippen MR) is 63.8 cm³/mol. The van der Waals surface area contributed by atoms with Crippen molar-refractivity contribution in [3.05, 3.63) is 35.4 Å². The van der Waals surface area contributed by atoms with Gasteiger partial charge in [0.15, 0.2) is 9.84 Å². The van der Waals surface area contributed by atoms with Crippen LogP contribution in [0.15, 0.2) is 24.3 Å². The average molecular weight is 243 g/mol. The van der Waals surface area contributed by atoms with E-state index in [1.807, 2.05) is 19.1 Å². The Morgan fingerprint density at radius 1 is 1.31 bits per heavy atom. The van der Waals surface area contributed by atoms with E-state index >= 15 is 0 Å². The van der Waals surface area contributed by atoms with Crippen LogP contribution in [0.4, 0.5) is 0 Å². The van der Waals surface area contributed by atoms with Crippen LogP contribution in [0, 0.1) is 6.92 Å². The summed E-state index contributed by atoms with van der Waals surface area (Å²) in [7, 11) is -3.35. The van der Waals surface area contributed by atoms with E-state index in [0.29, 0.717) is 0 Å². The molecule has 0 aliphatic carbocycles. The normalized spacial score (nSPS) is 15.8. The molecule has 0 spiro atoms. The Morgan fingerprint density at radius 3 is 2.19 bits per heavy atom. The van der Waals surface area contributed by atoms with Crippen LogP contribution in [0.2, 0.25) is 0 Å². The average Bonchev–Trinajstić information content (AvgIpc) is 2.17. The van der Waals surface area contributed by atoms with Crippen molar-refractivity contribution in [3.63, 3.8) is 0 Å². The monoisotopic (exact) mass is 243 g/mol. The number of aliphatic hydroxyl groups excluding tert-OH is 1. The lowest BCUT2D eigenvalue weighted by Gasteiger charge is -2.20. The van der Waals surface area contributed by atoms with Crippen molar-refractivity contribution in [1.82, 2.24) is 0 Å². The summed E-state index contributed by atoms with van der Waals surface area (Å²) < 4.78 is 22.8. The molecule has 1 aromatic carbocycles. The van der Waals surface area contributed by atoms with Crippen LogP contribution in [0.3, 0.4) is 0 Å². The summed E-state index contributed by atoms with van der Waals surface area (Å²) in [6.45, 7) is 1.48. The van der Waals surface area contributed by atoms with Crippen molar-refractivity contribution < 1.29 is 13.5 Å². The summed E-state index contributed by atoms with van der Waals surface area (Å²) >= 11 is 0. The maximum atomic E-state index is 11.4. The molecule has 4 nitrogen and oxygen atoms in total. The Bertz CT molecular complexity index is 439. The van der Waals surface area contributed by atoms with Gasteiger partial charge in [-0.2, -0.15) is 0 Å². The van der Waals surface area contributed by atoms with Crippen molar-refractivity contribution >= 4 is 9.84 Å². The van der Waals surface area contributed by atoms with Crippen molar-refractivity contribution in [3.8, 4) is 0 Å². The van der Waals surface area contributed by atoms with E-state index in [-0.39, 0.29) is 0 Å². The minimum Gasteiger partial charge on any atom is -0.395 e. The summed E-state index contributed by atoms with van der Waals surface area (Å²) in [5.41, 5.74) is 7.64. The van der Waals surface area contributed by atoms with Crippen LogP contribution in [0.5, 0.6) is 0 Å². The van der Waals surface area contributed by atoms with E-state index in [0.717, 1.165) is 17.4 Å². The topological polar surface area (TPSA) is 80.4 Å². The summed E-state index contributed by atoms with van der Waals surface area (Å²) in [5, 5.41) is 8.14. The molecular weight excluding hydrogens is 226 g/mol. The van der Waals surface area contributed by atoms with Gasteiger partial charge in [-0.3, -0.25) is 0 Å². The summed E-state index contributed by atoms with van der Waals surface area (Å²) in [6.07, 6.45) is 1.09. The fourth-order valence-electron chi connectivity index (χ4n) is 1.52. The first-order chi connectivity index (χ1) is 7.36. The maximum Gasteiger partial charge on any atom is 0.154 e. The number of aryl methyl sites for hydroxylation is 1. The van der Waals surface area contributed by atoms with E-state index in [9.17, 15) is 8.42 Å². The predicted octanol–water partition coefficient (Wildman–Crippen LogP) is 0.400. The third-order valence-corrected chi connectivity index (χ3v) is 4.13. The molecule has 0 saturated carbocycles. The van der Waals surface area contributed by atoms with Crippen LogP contribution >= 0.6 is 0 Å². The Hall–Kier alpha value is -0.910. The lowest BCUT2D eigenvalue weighted by molar-refractivity contribution is 0.278. The van der Waals surface area contributed by atoms with E-state index in [2.05, 4.69) is 0 Å². The van der Waals surface area contributed by atoms with Gasteiger partial charge in [0, 0.05) is 12.3 Å². The molecule has 1 rings (SSSR count). The largest absolute Gasteiger partial charge is 0.395 e. The Balaban J connectivity index is 3.00. The van der Waals surface area contributed by atoms with Crippen molar-refractivity contribution in [2.24, 2.45) is 5.73 Å². The zero-order valence-electron chi connectivity index (χ0n) is 9.42. The van der Waals surface area contributed by atoms with Gasteiger partial charge in [0.1, 0.15) is 5.25 Å². The molecule has 0 aliphatic rings. The molecule has 0 heterocycles. The van der Waals surface area contributed by atoms with Gasteiger partial charge in [-0.05, 0) is 12.5 Å². The SMILES string of the molecule is Cc1ccc(C(N)C(CO)S(C)(=O)=O)cc1. The maximum absolute atomic E-state index is 11.4. The van der Waals surface area contributed by atoms with Crippen LogP contribution in [-0.4, -0.2) is 31.6 Å². The van der Waals surface area contributed by atoms with Crippen LogP contribution in [0.1, 0.15) is 17.2 Å². The Labute approximate surface area is 96.0 Å². The van der Waals surface area contributed by atoms with Crippen molar-refractivity contribution in [2.75, 3.05) is 12.9 Å². The quantitative estimate of drug-likeness (QED) is 0.802. The number of hydrogen-bond acceptors (Lipinski definition) is 4. The minimum atomic E-state index is -3.35. The van der Waals surface area contributed by atoms with Crippen LogP contribution in [-0.2, 0) is 9.84 Å². The highest BCUT2D eigenvalue weighted by atomic mass is 32.2. The standard InChI is InChI=1S/C11H17NO3S/c1-8-3-5-9(6-4-8)11(12)10(7-13)16(2,14)15/h3-6,10-11,13H,7,12H2,1-2H3. The number of sulfone groups is 1. The molecule has 2 unspecified atom stereocenters. The number of nitrogens with two attached hydrogens (primary N) is 1. The molecule has 0 amide bonds. The van der Waals surface area contributed by atoms with Crippen LogP contribution in [0.25, 0.3) is 0 Å². The molecule has 3 N–H and O–H groups in total. The Morgan fingerprint density at radius 2 is 1.81 bits per heavy atom. The summed E-state index contributed by atoms with van der Waals surface area (Å²) in [6, 6.07) is 6.61. The molecule has 0 bridgehead atoms. The van der Waals surface area contributed by atoms with Gasteiger partial charge in [0.05, 0.1) is 6.61 Å². The van der Waals surface area contributed by atoms with E-state index in [1.54, 1.807) is 12.1 Å². The highest BCUT2D eigenvalue weighted by molar-refractivity contribution is 7.91. The molecule has 90 valence electrons. The zero-order chi connectivity index (χ0) is 12.3. The number of rotatable bonds is 4. The molecule has 0 radical (unpaired) electrons. The minimum absolute atomic E-state index is 0.464. The molecule has 1 aromatic rings. The Kier molecular flexibility index (Phi) is 4.07. The van der Waals surface area contributed by atoms with E-state index < -0.39 is 27.7 Å². The molecular formula is C11H17NO3S. The fraction of sp³-hybridized carbons (Fsp3) is 0.455. The molecule has 0 aromatic heterocycles. The van der Waals surface area contributed by atoms with Gasteiger partial charge in [0.25, 0.3) is 0 Å². The van der Waals surface area contributed by atoms with Crippen molar-refractivity contribution in [2.45, 2.75) is 18.2 Å². The number of hydrogen-bond donors (Lipinski definition) is 2. The van der Waals surface area contributed by atoms with Crippen LogP contribution < -0.4 is 5.73 Å². The molecule has 5 heteroatoms. The smallest absolute Gasteiger partial charge is 0.154 e. The fourth-order valence-corrected chi connectivity index (χ4v) is 2.48. The second kappa shape index (κ2) is 4.95. The van der Waals surface area contributed by atoms with Gasteiger partial charge < -0.3 is 10.8 Å². The highest BCUT2D eigenvalue weighted by Gasteiger charge is 2.27. The number of benzene rings is 1. The first kappa shape index (κ1) is 13.2. The summed E-state index contributed by atoms with van der Waals surface area (Å²) in [4.78, 5) is 0. The molecule has 0 fully saturated rings. The third kappa shape index (κ3) is 3.04. The lowest BCUT2D eigenvalue weighted by atomic mass is 10.0. The van der Waals surface area contributed by atoms with Gasteiger partial charge in [-0.1, -0.05) is 29.8 Å². The van der Waals surface area contributed by atoms with Gasteiger partial charge in [0.2, 0.25) is 0 Å². The molecule has 16 heavy (non-hydrogen) atoms. The highest BCUT2D eigenvalue weighted by Crippen LogP contribution is 2.19. The van der Waals surface area contributed by atoms with Crippen molar-refractivity contribution in [1.29, 1.82) is 0 Å². The van der Waals surface area contributed by atoms with E-state index in [1.165, 1.54) is 0 Å². The molecule has 0 aliphatic heterocycles. The van der Waals surface area contributed by atoms with Gasteiger partial charge in [-0.25, -0.2) is 8.42 Å². The molecule has 2 atom stereocenters. The second-order valence-electron chi connectivity index (χ2n) is 3.99. The zero-order valence-corrected chi connectivity index (χ0v) is 10.2. The van der Waals surface area contributed by atoms with E-state index in [4.69, 9.17) is 10.8 Å². The van der Waals surface area contributed by atoms with Gasteiger partial charge in [-0.15, -0.1) is 0 Å². The second-order valence-corrected chi connectivity index (χ2v) is 6.25. The lowest BCUT2D eigenvalue weighted by Crippen LogP contribution is -2.36. The first-order valence-electron chi connectivity index (χ1n) is 4.98. The molecule has 0 saturated heterocycles. The number of aliphatic hydroxyl groups is 1. The first-order valence-corrected chi connectivity index (χ1v) is 6.93. The third-order valence-electron chi connectivity index (χ3n) is 2.59.